The highest BCUT2D eigenvalue weighted by atomic mass is 16.6. The van der Waals surface area contributed by atoms with E-state index in [1.807, 2.05) is 0 Å². The van der Waals surface area contributed by atoms with E-state index < -0.39 is 0 Å². The van der Waals surface area contributed by atoms with E-state index in [9.17, 15) is 4.79 Å². The summed E-state index contributed by atoms with van der Waals surface area (Å²) < 4.78 is 4.94. The Kier molecular flexibility index (Phi) is 4.14. The summed E-state index contributed by atoms with van der Waals surface area (Å²) in [5.74, 6) is 1.67. The average Bonchev–Trinajstić information content (AvgIpc) is 2.75. The number of nitrogens with zero attached hydrogens (tertiary/aromatic N) is 3. The van der Waals surface area contributed by atoms with Crippen LogP contribution < -0.4 is 5.48 Å². The summed E-state index contributed by atoms with van der Waals surface area (Å²) in [7, 11) is 1.43. The molecule has 1 atom stereocenters. The molecule has 0 aliphatic carbocycles. The second-order valence-electron chi connectivity index (χ2n) is 4.50. The first-order chi connectivity index (χ1) is 8.69. The number of amides is 2. The molecule has 1 aliphatic heterocycles. The Morgan fingerprint density at radius 2 is 2.50 bits per heavy atom. The summed E-state index contributed by atoms with van der Waals surface area (Å²) in [5, 5.41) is 3.89. The van der Waals surface area contributed by atoms with Crippen LogP contribution in [0, 0.1) is 12.8 Å². The summed E-state index contributed by atoms with van der Waals surface area (Å²) in [4.78, 5) is 22.2. The van der Waals surface area contributed by atoms with Gasteiger partial charge in [0, 0.05) is 26.4 Å². The Balaban J connectivity index is 1.88. The maximum atomic E-state index is 11.6. The number of hydrogen-bond acceptors (Lipinski definition) is 5. The summed E-state index contributed by atoms with van der Waals surface area (Å²) in [6.07, 6.45) is 2.80. The van der Waals surface area contributed by atoms with Crippen LogP contribution in [0.1, 0.15) is 24.6 Å². The van der Waals surface area contributed by atoms with Gasteiger partial charge in [0.2, 0.25) is 5.89 Å². The van der Waals surface area contributed by atoms with Crippen LogP contribution in [0.25, 0.3) is 0 Å². The first-order valence-electron chi connectivity index (χ1n) is 6.06. The number of hydroxylamine groups is 1. The van der Waals surface area contributed by atoms with Gasteiger partial charge in [-0.15, -0.1) is 0 Å². The monoisotopic (exact) mass is 254 g/mol. The molecule has 1 aromatic rings. The van der Waals surface area contributed by atoms with Gasteiger partial charge in [0.05, 0.1) is 7.11 Å². The first kappa shape index (κ1) is 12.8. The molecule has 1 N–H and O–H groups in total. The fourth-order valence-electron chi connectivity index (χ4n) is 2.25. The molecule has 0 spiro atoms. The molecule has 0 aromatic carbocycles. The number of aryl methyl sites for hydroxylation is 1. The van der Waals surface area contributed by atoms with Crippen LogP contribution in [0.2, 0.25) is 0 Å². The molecule has 0 bridgehead atoms. The largest absolute Gasteiger partial charge is 0.341 e. The minimum Gasteiger partial charge on any atom is -0.340 e. The zero-order valence-electron chi connectivity index (χ0n) is 10.7. The number of urea groups is 1. The van der Waals surface area contributed by atoms with E-state index >= 15 is 0 Å². The normalized spacial score (nSPS) is 19.9. The smallest absolute Gasteiger partial charge is 0.340 e. The van der Waals surface area contributed by atoms with Crippen molar-refractivity contribution in [2.45, 2.75) is 26.2 Å². The second-order valence-corrected chi connectivity index (χ2v) is 4.50. The number of piperidine rings is 1. The molecular weight excluding hydrogens is 236 g/mol. The molecule has 1 aromatic heterocycles. The standard InChI is InChI=1S/C11H18N4O3/c1-8-12-10(13-18-8)6-9-4-3-5-15(7-9)11(16)14-17-2/h9H,3-7H2,1-2H3,(H,14,16)/t9-/m1/s1. The fourth-order valence-corrected chi connectivity index (χ4v) is 2.25. The zero-order chi connectivity index (χ0) is 13.0. The minimum absolute atomic E-state index is 0.188. The highest BCUT2D eigenvalue weighted by molar-refractivity contribution is 5.73. The highest BCUT2D eigenvalue weighted by Gasteiger charge is 2.24. The van der Waals surface area contributed by atoms with Gasteiger partial charge in [0.1, 0.15) is 0 Å². The predicted octanol–water partition coefficient (Wildman–Crippen LogP) is 0.904. The molecule has 0 unspecified atom stereocenters. The number of carbonyl (C=O) groups excluding carboxylic acids is 1. The van der Waals surface area contributed by atoms with Crippen molar-refractivity contribution in [3.05, 3.63) is 11.7 Å². The summed E-state index contributed by atoms with van der Waals surface area (Å²) >= 11 is 0. The van der Waals surface area contributed by atoms with Crippen LogP contribution in [0.15, 0.2) is 4.52 Å². The number of nitrogens with one attached hydrogen (secondary N) is 1. The molecular formula is C11H18N4O3. The van der Waals surface area contributed by atoms with Gasteiger partial charge in [-0.05, 0) is 18.8 Å². The van der Waals surface area contributed by atoms with E-state index in [1.54, 1.807) is 11.8 Å². The Morgan fingerprint density at radius 3 is 3.17 bits per heavy atom. The molecule has 7 heteroatoms. The van der Waals surface area contributed by atoms with Crippen molar-refractivity contribution in [1.82, 2.24) is 20.5 Å². The van der Waals surface area contributed by atoms with Crippen molar-refractivity contribution in [2.24, 2.45) is 5.92 Å². The predicted molar refractivity (Wildman–Crippen MR) is 62.6 cm³/mol. The van der Waals surface area contributed by atoms with Crippen molar-refractivity contribution in [2.75, 3.05) is 20.2 Å². The lowest BCUT2D eigenvalue weighted by atomic mass is 9.95. The lowest BCUT2D eigenvalue weighted by molar-refractivity contribution is 0.0770. The van der Waals surface area contributed by atoms with E-state index in [2.05, 4.69) is 20.5 Å². The van der Waals surface area contributed by atoms with Gasteiger partial charge in [-0.2, -0.15) is 4.98 Å². The lowest BCUT2D eigenvalue weighted by Crippen LogP contribution is -2.45. The maximum absolute atomic E-state index is 11.6. The molecule has 100 valence electrons. The SMILES string of the molecule is CONC(=O)N1CCC[C@H](Cc2noc(C)n2)C1. The van der Waals surface area contributed by atoms with Crippen LogP contribution in [0.3, 0.4) is 0 Å². The van der Waals surface area contributed by atoms with Gasteiger partial charge >= 0.3 is 6.03 Å². The van der Waals surface area contributed by atoms with Crippen molar-refractivity contribution >= 4 is 6.03 Å². The third-order valence-electron chi connectivity index (χ3n) is 3.04. The molecule has 0 saturated carbocycles. The number of likely N-dealkylation sites (tertiary alicyclic amines) is 1. The van der Waals surface area contributed by atoms with Crippen molar-refractivity contribution < 1.29 is 14.2 Å². The van der Waals surface area contributed by atoms with E-state index in [1.165, 1.54) is 7.11 Å². The molecule has 2 amide bonds. The fraction of sp³-hybridized carbons (Fsp3) is 0.727. The van der Waals surface area contributed by atoms with Crippen molar-refractivity contribution in [3.8, 4) is 0 Å². The topological polar surface area (TPSA) is 80.5 Å². The van der Waals surface area contributed by atoms with Crippen molar-refractivity contribution in [3.63, 3.8) is 0 Å². The Bertz CT molecular complexity index is 407. The van der Waals surface area contributed by atoms with E-state index in [0.29, 0.717) is 24.2 Å². The Labute approximate surface area is 105 Å². The van der Waals surface area contributed by atoms with Crippen LogP contribution in [0.4, 0.5) is 4.79 Å². The first-order valence-corrected chi connectivity index (χ1v) is 6.06. The number of hydrogen-bond donors (Lipinski definition) is 1. The number of aromatic nitrogens is 2. The van der Waals surface area contributed by atoms with E-state index in [0.717, 1.165) is 25.8 Å². The quantitative estimate of drug-likeness (QED) is 0.811. The van der Waals surface area contributed by atoms with Gasteiger partial charge in [-0.1, -0.05) is 5.16 Å². The average molecular weight is 254 g/mol. The lowest BCUT2D eigenvalue weighted by Gasteiger charge is -2.31. The molecule has 1 aliphatic rings. The second kappa shape index (κ2) is 5.81. The third kappa shape index (κ3) is 3.19. The molecule has 0 radical (unpaired) electrons. The molecule has 18 heavy (non-hydrogen) atoms. The third-order valence-corrected chi connectivity index (χ3v) is 3.04. The minimum atomic E-state index is -0.188. The van der Waals surface area contributed by atoms with Gasteiger partial charge < -0.3 is 9.42 Å². The van der Waals surface area contributed by atoms with E-state index in [4.69, 9.17) is 4.52 Å². The summed E-state index contributed by atoms with van der Waals surface area (Å²) in [6.45, 7) is 3.23. The van der Waals surface area contributed by atoms with E-state index in [-0.39, 0.29) is 6.03 Å². The molecule has 1 saturated heterocycles. The molecule has 2 heterocycles. The highest BCUT2D eigenvalue weighted by Crippen LogP contribution is 2.19. The Hall–Kier alpha value is -1.63. The van der Waals surface area contributed by atoms with Crippen LogP contribution in [-0.4, -0.2) is 41.3 Å². The van der Waals surface area contributed by atoms with Crippen LogP contribution in [0.5, 0.6) is 0 Å². The maximum Gasteiger partial charge on any atom is 0.341 e. The molecule has 1 fully saturated rings. The molecule has 7 nitrogen and oxygen atoms in total. The van der Waals surface area contributed by atoms with Crippen LogP contribution >= 0.6 is 0 Å². The summed E-state index contributed by atoms with van der Waals surface area (Å²) in [5.41, 5.74) is 2.34. The van der Waals surface area contributed by atoms with Gasteiger partial charge in [-0.3, -0.25) is 4.84 Å². The van der Waals surface area contributed by atoms with Gasteiger partial charge in [0.15, 0.2) is 5.82 Å². The van der Waals surface area contributed by atoms with Crippen molar-refractivity contribution in [1.29, 1.82) is 0 Å². The van der Waals surface area contributed by atoms with Gasteiger partial charge in [-0.25, -0.2) is 10.3 Å². The van der Waals surface area contributed by atoms with Crippen LogP contribution in [-0.2, 0) is 11.3 Å². The van der Waals surface area contributed by atoms with Gasteiger partial charge in [0.25, 0.3) is 0 Å². The zero-order valence-corrected chi connectivity index (χ0v) is 10.7. The number of carbonyl (C=O) groups is 1. The Morgan fingerprint density at radius 1 is 1.67 bits per heavy atom. The number of rotatable bonds is 3. The molecule has 2 rings (SSSR count). The summed E-state index contributed by atoms with van der Waals surface area (Å²) in [6, 6.07) is -0.188.